The first kappa shape index (κ1) is 11.4. The van der Waals surface area contributed by atoms with Crippen LogP contribution in [0.2, 0.25) is 0 Å². The van der Waals surface area contributed by atoms with Crippen LogP contribution in [-0.2, 0) is 0 Å². The van der Waals surface area contributed by atoms with E-state index in [-0.39, 0.29) is 5.75 Å². The van der Waals surface area contributed by atoms with E-state index in [9.17, 15) is 9.90 Å². The third kappa shape index (κ3) is 1.67. The first-order valence-corrected chi connectivity index (χ1v) is 5.81. The van der Waals surface area contributed by atoms with Crippen LogP contribution in [0.3, 0.4) is 0 Å². The summed E-state index contributed by atoms with van der Waals surface area (Å²) in [6, 6.07) is 10.8. The fourth-order valence-corrected chi connectivity index (χ4v) is 2.14. The van der Waals surface area contributed by atoms with E-state index >= 15 is 0 Å². The van der Waals surface area contributed by atoms with Crippen molar-refractivity contribution in [3.8, 4) is 11.4 Å². The second-order valence-electron chi connectivity index (χ2n) is 4.24. The summed E-state index contributed by atoms with van der Waals surface area (Å²) in [5, 5.41) is 19.3. The third-order valence-electron chi connectivity index (χ3n) is 3.15. The van der Waals surface area contributed by atoms with E-state index in [0.29, 0.717) is 17.7 Å². The van der Waals surface area contributed by atoms with Crippen LogP contribution in [0.1, 0.15) is 16.2 Å². The van der Waals surface area contributed by atoms with Gasteiger partial charge in [-0.25, -0.2) is 4.68 Å². The summed E-state index contributed by atoms with van der Waals surface area (Å²) in [5.41, 5.74) is 1.77. The molecule has 19 heavy (non-hydrogen) atoms. The minimum absolute atomic E-state index is 0.215. The Morgan fingerprint density at radius 2 is 1.89 bits per heavy atom. The Morgan fingerprint density at radius 1 is 1.16 bits per heavy atom. The van der Waals surface area contributed by atoms with Crippen LogP contribution in [0, 0.1) is 6.92 Å². The number of nitrogens with zero attached hydrogens (tertiary/aromatic N) is 3. The molecule has 0 fully saturated rings. The fraction of sp³-hybridized carbons (Fsp3) is 0.0714. The molecule has 2 aromatic carbocycles. The number of phenols is 1. The van der Waals surface area contributed by atoms with Gasteiger partial charge in [0.25, 0.3) is 0 Å². The second kappa shape index (κ2) is 4.20. The number of aromatic hydroxyl groups is 1. The van der Waals surface area contributed by atoms with Crippen LogP contribution in [-0.4, -0.2) is 26.4 Å². The van der Waals surface area contributed by atoms with Gasteiger partial charge in [-0.05, 0) is 19.1 Å². The molecule has 3 aromatic rings. The van der Waals surface area contributed by atoms with Gasteiger partial charge in [0.05, 0.1) is 11.4 Å². The van der Waals surface area contributed by atoms with E-state index in [0.717, 1.165) is 16.5 Å². The molecule has 0 aliphatic heterocycles. The molecule has 1 aromatic heterocycles. The van der Waals surface area contributed by atoms with Gasteiger partial charge in [0, 0.05) is 10.8 Å². The van der Waals surface area contributed by atoms with E-state index in [1.165, 1.54) is 0 Å². The Morgan fingerprint density at radius 3 is 2.63 bits per heavy atom. The first-order chi connectivity index (χ1) is 9.22. The smallest absolute Gasteiger partial charge is 0.172 e. The number of rotatable bonds is 2. The zero-order chi connectivity index (χ0) is 13.4. The molecule has 0 bridgehead atoms. The maximum atomic E-state index is 10.8. The number of aromatic nitrogens is 3. The van der Waals surface area contributed by atoms with Crippen molar-refractivity contribution in [2.24, 2.45) is 0 Å². The molecule has 5 nitrogen and oxygen atoms in total. The molecular weight excluding hydrogens is 242 g/mol. The molecule has 0 saturated carbocycles. The number of hydrogen-bond acceptors (Lipinski definition) is 4. The third-order valence-corrected chi connectivity index (χ3v) is 3.15. The number of hydrogen-bond donors (Lipinski definition) is 1. The molecule has 94 valence electrons. The zero-order valence-electron chi connectivity index (χ0n) is 10.2. The molecule has 0 amide bonds. The highest BCUT2D eigenvalue weighted by molar-refractivity contribution is 5.94. The van der Waals surface area contributed by atoms with Crippen molar-refractivity contribution in [2.45, 2.75) is 6.92 Å². The van der Waals surface area contributed by atoms with E-state index < -0.39 is 0 Å². The summed E-state index contributed by atoms with van der Waals surface area (Å²) in [6.07, 6.45) is 0.682. The molecule has 3 rings (SSSR count). The molecule has 0 atom stereocenters. The monoisotopic (exact) mass is 253 g/mol. The molecule has 0 unspecified atom stereocenters. The standard InChI is InChI=1S/C14H11N3O2/c1-9-12(8-18)15-16-17(9)13-6-2-5-11-10(13)4-3-7-14(11)19/h2-8,19H,1H3. The van der Waals surface area contributed by atoms with Gasteiger partial charge in [0.15, 0.2) is 6.29 Å². The largest absolute Gasteiger partial charge is 0.507 e. The average molecular weight is 253 g/mol. The lowest BCUT2D eigenvalue weighted by molar-refractivity contribution is 0.111. The predicted octanol–water partition coefficient (Wildman–Crippen LogP) is 2.25. The summed E-state index contributed by atoms with van der Waals surface area (Å²) >= 11 is 0. The molecule has 0 saturated heterocycles. The van der Waals surface area contributed by atoms with Crippen LogP contribution < -0.4 is 0 Å². The molecule has 0 aliphatic rings. The Bertz CT molecular complexity index is 777. The van der Waals surface area contributed by atoms with E-state index in [1.54, 1.807) is 23.7 Å². The van der Waals surface area contributed by atoms with Gasteiger partial charge in [-0.1, -0.05) is 29.5 Å². The van der Waals surface area contributed by atoms with E-state index in [4.69, 9.17) is 0 Å². The summed E-state index contributed by atoms with van der Waals surface area (Å²) in [4.78, 5) is 10.8. The topological polar surface area (TPSA) is 68.0 Å². The minimum atomic E-state index is 0.215. The van der Waals surface area contributed by atoms with Gasteiger partial charge < -0.3 is 5.11 Å². The van der Waals surface area contributed by atoms with Gasteiger partial charge in [-0.15, -0.1) is 5.10 Å². The Kier molecular flexibility index (Phi) is 2.52. The Hall–Kier alpha value is -2.69. The van der Waals surface area contributed by atoms with Gasteiger partial charge >= 0.3 is 0 Å². The maximum absolute atomic E-state index is 10.8. The number of phenolic OH excluding ortho intramolecular Hbond substituents is 1. The summed E-state index contributed by atoms with van der Waals surface area (Å²) in [6.45, 7) is 1.78. The average Bonchev–Trinajstić information content (AvgIpc) is 2.80. The fourth-order valence-electron chi connectivity index (χ4n) is 2.14. The lowest BCUT2D eigenvalue weighted by atomic mass is 10.1. The summed E-state index contributed by atoms with van der Waals surface area (Å²) in [5.74, 6) is 0.215. The molecule has 5 heteroatoms. The Balaban J connectivity index is 2.34. The SMILES string of the molecule is Cc1c(C=O)nnn1-c1cccc2c(O)cccc12. The molecule has 0 aliphatic carbocycles. The number of carbonyl (C=O) groups is 1. The molecule has 1 N–H and O–H groups in total. The summed E-state index contributed by atoms with van der Waals surface area (Å²) in [7, 11) is 0. The molecule has 0 spiro atoms. The minimum Gasteiger partial charge on any atom is -0.507 e. The first-order valence-electron chi connectivity index (χ1n) is 5.81. The van der Waals surface area contributed by atoms with Crippen molar-refractivity contribution >= 4 is 17.1 Å². The highest BCUT2D eigenvalue weighted by Gasteiger charge is 2.12. The van der Waals surface area contributed by atoms with Crippen molar-refractivity contribution in [1.82, 2.24) is 15.0 Å². The van der Waals surface area contributed by atoms with Crippen LogP contribution in [0.4, 0.5) is 0 Å². The quantitative estimate of drug-likeness (QED) is 0.711. The summed E-state index contributed by atoms with van der Waals surface area (Å²) < 4.78 is 1.60. The van der Waals surface area contributed by atoms with Crippen molar-refractivity contribution < 1.29 is 9.90 Å². The number of fused-ring (bicyclic) bond motifs is 1. The van der Waals surface area contributed by atoms with Gasteiger partial charge in [-0.2, -0.15) is 0 Å². The normalized spacial score (nSPS) is 10.8. The highest BCUT2D eigenvalue weighted by Crippen LogP contribution is 2.29. The van der Waals surface area contributed by atoms with Crippen LogP contribution in [0.25, 0.3) is 16.5 Å². The zero-order valence-corrected chi connectivity index (χ0v) is 10.2. The maximum Gasteiger partial charge on any atom is 0.172 e. The molecular formula is C14H11N3O2. The number of carbonyl (C=O) groups excluding carboxylic acids is 1. The molecule has 1 heterocycles. The highest BCUT2D eigenvalue weighted by atomic mass is 16.3. The van der Waals surface area contributed by atoms with Crippen molar-refractivity contribution in [3.05, 3.63) is 47.8 Å². The van der Waals surface area contributed by atoms with Gasteiger partial charge in [-0.3, -0.25) is 4.79 Å². The number of aldehydes is 1. The van der Waals surface area contributed by atoms with Gasteiger partial charge in [0.1, 0.15) is 11.4 Å². The van der Waals surface area contributed by atoms with Crippen LogP contribution in [0.5, 0.6) is 5.75 Å². The van der Waals surface area contributed by atoms with Crippen LogP contribution >= 0.6 is 0 Å². The van der Waals surface area contributed by atoms with E-state index in [2.05, 4.69) is 10.3 Å². The van der Waals surface area contributed by atoms with Gasteiger partial charge in [0.2, 0.25) is 0 Å². The predicted molar refractivity (Wildman–Crippen MR) is 70.7 cm³/mol. The second-order valence-corrected chi connectivity index (χ2v) is 4.24. The van der Waals surface area contributed by atoms with Crippen LogP contribution in [0.15, 0.2) is 36.4 Å². The van der Waals surface area contributed by atoms with Crippen molar-refractivity contribution in [3.63, 3.8) is 0 Å². The number of benzene rings is 2. The Labute approximate surface area is 109 Å². The van der Waals surface area contributed by atoms with E-state index in [1.807, 2.05) is 24.3 Å². The van der Waals surface area contributed by atoms with Crippen molar-refractivity contribution in [2.75, 3.05) is 0 Å². The van der Waals surface area contributed by atoms with Crippen molar-refractivity contribution in [1.29, 1.82) is 0 Å². The lowest BCUT2D eigenvalue weighted by Gasteiger charge is -2.08. The lowest BCUT2D eigenvalue weighted by Crippen LogP contribution is -2.00. The molecule has 0 radical (unpaired) electrons.